The van der Waals surface area contributed by atoms with Crippen molar-refractivity contribution in [2.75, 3.05) is 6.61 Å². The average molecular weight is 297 g/mol. The van der Waals surface area contributed by atoms with Gasteiger partial charge in [-0.1, -0.05) is 49.4 Å². The van der Waals surface area contributed by atoms with Crippen molar-refractivity contribution >= 4 is 5.91 Å². The number of carbonyl (C=O) groups excluding carboxylic acids is 1. The van der Waals surface area contributed by atoms with Crippen LogP contribution in [-0.2, 0) is 9.53 Å². The van der Waals surface area contributed by atoms with Crippen LogP contribution in [0.5, 0.6) is 0 Å². The first-order valence-electron chi connectivity index (χ1n) is 8.46. The predicted octanol–water partition coefficient (Wildman–Crippen LogP) is 3.53. The number of piperidine rings is 1. The maximum absolute atomic E-state index is 13.1. The number of nitrogens with zero attached hydrogens (tertiary/aromatic N) is 1. The van der Waals surface area contributed by atoms with Gasteiger partial charge in [0.05, 0.1) is 12.6 Å². The second-order valence-corrected chi connectivity index (χ2v) is 6.66. The Labute approximate surface area is 132 Å². The van der Waals surface area contributed by atoms with Gasteiger partial charge in [0.15, 0.2) is 0 Å². The van der Waals surface area contributed by atoms with Gasteiger partial charge in [0.2, 0.25) is 5.91 Å². The van der Waals surface area contributed by atoms with Gasteiger partial charge in [-0.2, -0.15) is 0 Å². The molecule has 0 bridgehead atoms. The van der Waals surface area contributed by atoms with Crippen LogP contribution in [0.1, 0.15) is 37.8 Å². The second-order valence-electron chi connectivity index (χ2n) is 6.66. The first-order valence-corrected chi connectivity index (χ1v) is 8.46. The van der Waals surface area contributed by atoms with Crippen LogP contribution >= 0.6 is 0 Å². The molecule has 1 amide bonds. The second kappa shape index (κ2) is 5.54. The minimum absolute atomic E-state index is 0.0493. The molecule has 2 saturated heterocycles. The monoisotopic (exact) mass is 297 g/mol. The molecule has 3 heteroatoms. The molecule has 3 nitrogen and oxygen atoms in total. The standard InChI is InChI=1S/C19H23NO2/c1-2-14-15-10-6-7-11-16(15)18(21)20-17(12-22-19(14)20)13-8-4-3-5-9-13/h3-6,8-10,14-17,19H,2,7,11-12H2,1H3/t14-,15+,16+,17-,19+/m0/s1. The SMILES string of the molecule is CC[C@H]1[C@H]2C=CCC[C@H]2C(=O)N2[C@@H]1OC[C@H]2c1ccccc1. The van der Waals surface area contributed by atoms with Crippen LogP contribution in [0, 0.1) is 17.8 Å². The van der Waals surface area contributed by atoms with E-state index < -0.39 is 0 Å². The Morgan fingerprint density at radius 1 is 1.27 bits per heavy atom. The van der Waals surface area contributed by atoms with Crippen molar-refractivity contribution in [2.45, 2.75) is 38.5 Å². The predicted molar refractivity (Wildman–Crippen MR) is 84.9 cm³/mol. The van der Waals surface area contributed by atoms with Crippen molar-refractivity contribution in [2.24, 2.45) is 17.8 Å². The molecule has 5 atom stereocenters. The zero-order chi connectivity index (χ0) is 15.1. The maximum atomic E-state index is 13.1. The van der Waals surface area contributed by atoms with E-state index in [-0.39, 0.29) is 18.2 Å². The van der Waals surface area contributed by atoms with Crippen LogP contribution in [0.25, 0.3) is 0 Å². The topological polar surface area (TPSA) is 29.5 Å². The molecule has 2 heterocycles. The van der Waals surface area contributed by atoms with Gasteiger partial charge in [0.1, 0.15) is 6.23 Å². The number of hydrogen-bond acceptors (Lipinski definition) is 2. The van der Waals surface area contributed by atoms with Gasteiger partial charge in [0.25, 0.3) is 0 Å². The Bertz CT molecular complexity index is 582. The zero-order valence-electron chi connectivity index (χ0n) is 13.0. The summed E-state index contributed by atoms with van der Waals surface area (Å²) in [4.78, 5) is 15.2. The summed E-state index contributed by atoms with van der Waals surface area (Å²) in [7, 11) is 0. The van der Waals surface area contributed by atoms with Crippen molar-refractivity contribution in [3.63, 3.8) is 0 Å². The van der Waals surface area contributed by atoms with Gasteiger partial charge in [0, 0.05) is 11.8 Å². The number of rotatable bonds is 2. The molecule has 1 aromatic carbocycles. The summed E-state index contributed by atoms with van der Waals surface area (Å²) in [6.45, 7) is 2.84. The summed E-state index contributed by atoms with van der Waals surface area (Å²) in [5.74, 6) is 1.24. The summed E-state index contributed by atoms with van der Waals surface area (Å²) in [6, 6.07) is 10.4. The van der Waals surface area contributed by atoms with E-state index in [0.717, 1.165) is 19.3 Å². The molecule has 4 rings (SSSR count). The lowest BCUT2D eigenvalue weighted by Gasteiger charge is -2.46. The van der Waals surface area contributed by atoms with E-state index in [0.29, 0.717) is 24.3 Å². The van der Waals surface area contributed by atoms with Crippen LogP contribution in [0.2, 0.25) is 0 Å². The van der Waals surface area contributed by atoms with Gasteiger partial charge >= 0.3 is 0 Å². The molecule has 0 aromatic heterocycles. The number of carbonyl (C=O) groups is 1. The van der Waals surface area contributed by atoms with Gasteiger partial charge in [-0.25, -0.2) is 0 Å². The highest BCUT2D eigenvalue weighted by atomic mass is 16.5. The van der Waals surface area contributed by atoms with E-state index in [2.05, 4.69) is 36.1 Å². The van der Waals surface area contributed by atoms with Crippen molar-refractivity contribution in [3.05, 3.63) is 48.0 Å². The molecule has 3 aliphatic rings. The molecule has 116 valence electrons. The Kier molecular flexibility index (Phi) is 3.53. The van der Waals surface area contributed by atoms with Gasteiger partial charge in [-0.05, 0) is 30.7 Å². The molecule has 1 aromatic rings. The molecule has 0 N–H and O–H groups in total. The lowest BCUT2D eigenvalue weighted by molar-refractivity contribution is -0.160. The fourth-order valence-electron chi connectivity index (χ4n) is 4.51. The normalized spacial score (nSPS) is 37.0. The quantitative estimate of drug-likeness (QED) is 0.782. The molecular formula is C19H23NO2. The fraction of sp³-hybridized carbons (Fsp3) is 0.526. The van der Waals surface area contributed by atoms with E-state index >= 15 is 0 Å². The molecule has 0 radical (unpaired) electrons. The largest absolute Gasteiger partial charge is 0.355 e. The third-order valence-electron chi connectivity index (χ3n) is 5.59. The number of amides is 1. The lowest BCUT2D eigenvalue weighted by atomic mass is 9.70. The Morgan fingerprint density at radius 3 is 2.86 bits per heavy atom. The van der Waals surface area contributed by atoms with Crippen molar-refractivity contribution in [1.82, 2.24) is 4.90 Å². The minimum atomic E-state index is -0.0493. The highest BCUT2D eigenvalue weighted by molar-refractivity contribution is 5.81. The molecule has 2 aliphatic heterocycles. The zero-order valence-corrected chi connectivity index (χ0v) is 13.0. The molecular weight excluding hydrogens is 274 g/mol. The third kappa shape index (κ3) is 2.03. The molecule has 0 spiro atoms. The molecule has 0 saturated carbocycles. The summed E-state index contributed by atoms with van der Waals surface area (Å²) in [6.07, 6.45) is 7.54. The number of benzene rings is 1. The Balaban J connectivity index is 1.70. The summed E-state index contributed by atoms with van der Waals surface area (Å²) < 4.78 is 6.12. The number of fused-ring (bicyclic) bond motifs is 2. The number of hydrogen-bond donors (Lipinski definition) is 0. The molecule has 1 aliphatic carbocycles. The average Bonchev–Trinajstić information content (AvgIpc) is 3.01. The Morgan fingerprint density at radius 2 is 2.09 bits per heavy atom. The third-order valence-corrected chi connectivity index (χ3v) is 5.59. The summed E-state index contributed by atoms with van der Waals surface area (Å²) >= 11 is 0. The van der Waals surface area contributed by atoms with E-state index in [1.807, 2.05) is 18.2 Å². The number of allylic oxidation sites excluding steroid dienone is 2. The highest BCUT2D eigenvalue weighted by Gasteiger charge is 2.52. The fourth-order valence-corrected chi connectivity index (χ4v) is 4.51. The van der Waals surface area contributed by atoms with Gasteiger partial charge in [-0.3, -0.25) is 4.79 Å². The van der Waals surface area contributed by atoms with Crippen LogP contribution in [-0.4, -0.2) is 23.6 Å². The Hall–Kier alpha value is -1.61. The summed E-state index contributed by atoms with van der Waals surface area (Å²) in [5, 5.41) is 0. The summed E-state index contributed by atoms with van der Waals surface area (Å²) in [5.41, 5.74) is 1.19. The highest BCUT2D eigenvalue weighted by Crippen LogP contribution is 2.47. The minimum Gasteiger partial charge on any atom is -0.355 e. The number of ether oxygens (including phenoxy) is 1. The maximum Gasteiger partial charge on any atom is 0.228 e. The molecule has 0 unspecified atom stereocenters. The first-order chi connectivity index (χ1) is 10.8. The van der Waals surface area contributed by atoms with Crippen molar-refractivity contribution in [3.8, 4) is 0 Å². The molecule has 2 fully saturated rings. The first kappa shape index (κ1) is 14.0. The molecule has 22 heavy (non-hydrogen) atoms. The van der Waals surface area contributed by atoms with Crippen molar-refractivity contribution < 1.29 is 9.53 Å². The van der Waals surface area contributed by atoms with Crippen molar-refractivity contribution in [1.29, 1.82) is 0 Å². The van der Waals surface area contributed by atoms with Gasteiger partial charge < -0.3 is 9.64 Å². The van der Waals surface area contributed by atoms with E-state index in [1.54, 1.807) is 0 Å². The van der Waals surface area contributed by atoms with E-state index in [4.69, 9.17) is 4.74 Å². The van der Waals surface area contributed by atoms with Crippen LogP contribution in [0.15, 0.2) is 42.5 Å². The van der Waals surface area contributed by atoms with Crippen LogP contribution in [0.3, 0.4) is 0 Å². The van der Waals surface area contributed by atoms with Crippen LogP contribution in [0.4, 0.5) is 0 Å². The van der Waals surface area contributed by atoms with E-state index in [1.165, 1.54) is 5.56 Å². The smallest absolute Gasteiger partial charge is 0.228 e. The van der Waals surface area contributed by atoms with E-state index in [9.17, 15) is 4.79 Å². The van der Waals surface area contributed by atoms with Gasteiger partial charge in [-0.15, -0.1) is 0 Å². The van der Waals surface area contributed by atoms with Crippen LogP contribution < -0.4 is 0 Å². The lowest BCUT2D eigenvalue weighted by Crippen LogP contribution is -2.54.